The molecule has 0 fully saturated rings. The molecule has 0 aromatic heterocycles. The number of oxime groups is 1. The summed E-state index contributed by atoms with van der Waals surface area (Å²) in [6.07, 6.45) is 1.54. The van der Waals surface area contributed by atoms with Gasteiger partial charge in [-0.15, -0.1) is 0 Å². The molecule has 0 amide bonds. The van der Waals surface area contributed by atoms with Crippen LogP contribution in [0.15, 0.2) is 53.7 Å². The van der Waals surface area contributed by atoms with Gasteiger partial charge in [-0.3, -0.25) is 0 Å². The van der Waals surface area contributed by atoms with Crippen LogP contribution in [-0.4, -0.2) is 6.21 Å². The summed E-state index contributed by atoms with van der Waals surface area (Å²) >= 11 is 0. The van der Waals surface area contributed by atoms with E-state index in [2.05, 4.69) is 17.3 Å². The highest BCUT2D eigenvalue weighted by atomic mass is 16.6. The van der Waals surface area contributed by atoms with E-state index in [4.69, 9.17) is 15.4 Å². The van der Waals surface area contributed by atoms with Gasteiger partial charge in [0.1, 0.15) is 6.61 Å². The van der Waals surface area contributed by atoms with Crippen molar-refractivity contribution >= 4 is 6.21 Å². The zero-order valence-electron chi connectivity index (χ0n) is 10.7. The van der Waals surface area contributed by atoms with Gasteiger partial charge < -0.3 is 4.84 Å². The third-order valence-electron chi connectivity index (χ3n) is 2.65. The smallest absolute Gasteiger partial charge is 0.143 e. The van der Waals surface area contributed by atoms with Crippen LogP contribution in [0.5, 0.6) is 0 Å². The number of hydrogen-bond donors (Lipinski definition) is 0. The third-order valence-corrected chi connectivity index (χ3v) is 2.65. The van der Waals surface area contributed by atoms with Gasteiger partial charge in [0.2, 0.25) is 0 Å². The number of nitriles is 2. The Hall–Kier alpha value is -3.11. The predicted molar refractivity (Wildman–Crippen MR) is 74.7 cm³/mol. The van der Waals surface area contributed by atoms with Crippen LogP contribution >= 0.6 is 0 Å². The Labute approximate surface area is 117 Å². The van der Waals surface area contributed by atoms with Crippen molar-refractivity contribution in [3.05, 3.63) is 70.8 Å². The van der Waals surface area contributed by atoms with Crippen molar-refractivity contribution in [2.24, 2.45) is 5.16 Å². The molecule has 4 heteroatoms. The molecule has 0 atom stereocenters. The van der Waals surface area contributed by atoms with Gasteiger partial charge in [0.15, 0.2) is 0 Å². The monoisotopic (exact) mass is 261 g/mol. The molecule has 4 nitrogen and oxygen atoms in total. The molecule has 2 aromatic carbocycles. The molecular weight excluding hydrogens is 250 g/mol. The van der Waals surface area contributed by atoms with Crippen LogP contribution in [0.1, 0.15) is 22.3 Å². The van der Waals surface area contributed by atoms with Crippen molar-refractivity contribution in [1.29, 1.82) is 10.5 Å². The molecule has 0 heterocycles. The molecule has 0 aliphatic heterocycles. The SMILES string of the molecule is N#Cc1cccc(C=NOCc2ccccc2C#N)c1. The third kappa shape index (κ3) is 3.44. The van der Waals surface area contributed by atoms with Gasteiger partial charge in [-0.1, -0.05) is 35.5 Å². The lowest BCUT2D eigenvalue weighted by Crippen LogP contribution is -1.92. The van der Waals surface area contributed by atoms with Crippen LogP contribution in [-0.2, 0) is 11.4 Å². The lowest BCUT2D eigenvalue weighted by atomic mass is 10.1. The van der Waals surface area contributed by atoms with E-state index in [1.54, 1.807) is 30.3 Å². The molecule has 0 radical (unpaired) electrons. The Bertz CT molecular complexity index is 708. The molecule has 0 aliphatic rings. The van der Waals surface area contributed by atoms with Crippen LogP contribution in [0.4, 0.5) is 0 Å². The molecule has 0 saturated heterocycles. The van der Waals surface area contributed by atoms with Gasteiger partial charge in [-0.05, 0) is 23.8 Å². The van der Waals surface area contributed by atoms with Gasteiger partial charge in [0.25, 0.3) is 0 Å². The molecule has 20 heavy (non-hydrogen) atoms. The highest BCUT2D eigenvalue weighted by Crippen LogP contribution is 2.09. The van der Waals surface area contributed by atoms with Crippen LogP contribution < -0.4 is 0 Å². The van der Waals surface area contributed by atoms with E-state index in [9.17, 15) is 0 Å². The van der Waals surface area contributed by atoms with Crippen LogP contribution in [0.3, 0.4) is 0 Å². The average molecular weight is 261 g/mol. The minimum Gasteiger partial charge on any atom is -0.391 e. The fourth-order valence-electron chi connectivity index (χ4n) is 1.65. The predicted octanol–water partition coefficient (Wildman–Crippen LogP) is 2.98. The normalized spacial score (nSPS) is 9.90. The Morgan fingerprint density at radius 3 is 2.70 bits per heavy atom. The Balaban J connectivity index is 1.97. The summed E-state index contributed by atoms with van der Waals surface area (Å²) < 4.78 is 0. The Morgan fingerprint density at radius 2 is 1.90 bits per heavy atom. The van der Waals surface area contributed by atoms with Crippen molar-refractivity contribution in [2.75, 3.05) is 0 Å². The minimum absolute atomic E-state index is 0.234. The zero-order valence-corrected chi connectivity index (χ0v) is 10.7. The topological polar surface area (TPSA) is 69.2 Å². The molecular formula is C16H11N3O. The first-order valence-electron chi connectivity index (χ1n) is 5.97. The maximum atomic E-state index is 8.94. The van der Waals surface area contributed by atoms with Crippen molar-refractivity contribution in [2.45, 2.75) is 6.61 Å². The lowest BCUT2D eigenvalue weighted by Gasteiger charge is -2.01. The molecule has 0 unspecified atom stereocenters. The van der Waals surface area contributed by atoms with E-state index < -0.39 is 0 Å². The maximum absolute atomic E-state index is 8.94. The first-order chi connectivity index (χ1) is 9.83. The molecule has 2 aromatic rings. The van der Waals surface area contributed by atoms with Crippen molar-refractivity contribution in [3.63, 3.8) is 0 Å². The van der Waals surface area contributed by atoms with E-state index in [0.29, 0.717) is 11.1 Å². The fourth-order valence-corrected chi connectivity index (χ4v) is 1.65. The van der Waals surface area contributed by atoms with Gasteiger partial charge >= 0.3 is 0 Å². The second-order valence-corrected chi connectivity index (χ2v) is 4.01. The summed E-state index contributed by atoms with van der Waals surface area (Å²) in [6.45, 7) is 0.234. The van der Waals surface area contributed by atoms with E-state index in [-0.39, 0.29) is 6.61 Å². The first kappa shape index (κ1) is 13.3. The fraction of sp³-hybridized carbons (Fsp3) is 0.0625. The van der Waals surface area contributed by atoms with E-state index in [1.807, 2.05) is 18.2 Å². The number of rotatable bonds is 4. The lowest BCUT2D eigenvalue weighted by molar-refractivity contribution is 0.132. The number of nitrogens with zero attached hydrogens (tertiary/aromatic N) is 3. The molecule has 0 spiro atoms. The number of benzene rings is 2. The second kappa shape index (κ2) is 6.72. The van der Waals surface area contributed by atoms with Crippen molar-refractivity contribution in [3.8, 4) is 12.1 Å². The number of hydrogen-bond acceptors (Lipinski definition) is 4. The van der Waals surface area contributed by atoms with E-state index in [0.717, 1.165) is 11.1 Å². The highest BCUT2D eigenvalue weighted by Gasteiger charge is 2.00. The Kier molecular flexibility index (Phi) is 4.48. The van der Waals surface area contributed by atoms with E-state index in [1.165, 1.54) is 6.21 Å². The van der Waals surface area contributed by atoms with Crippen molar-refractivity contribution < 1.29 is 4.84 Å². The van der Waals surface area contributed by atoms with Gasteiger partial charge in [-0.2, -0.15) is 10.5 Å². The largest absolute Gasteiger partial charge is 0.391 e. The summed E-state index contributed by atoms with van der Waals surface area (Å²) in [5, 5.41) is 21.6. The summed E-state index contributed by atoms with van der Waals surface area (Å²) in [7, 11) is 0. The highest BCUT2D eigenvalue weighted by molar-refractivity contribution is 5.79. The van der Waals surface area contributed by atoms with E-state index >= 15 is 0 Å². The zero-order chi connectivity index (χ0) is 14.2. The molecule has 2 rings (SSSR count). The summed E-state index contributed by atoms with van der Waals surface area (Å²) in [6, 6.07) is 18.4. The second-order valence-electron chi connectivity index (χ2n) is 4.01. The minimum atomic E-state index is 0.234. The van der Waals surface area contributed by atoms with Gasteiger partial charge in [0.05, 0.1) is 29.5 Å². The molecule has 96 valence electrons. The first-order valence-corrected chi connectivity index (χ1v) is 5.97. The standard InChI is InChI=1S/C16H11N3O/c17-9-13-4-3-5-14(8-13)11-19-20-12-16-7-2-1-6-15(16)10-18/h1-8,11H,12H2. The summed E-state index contributed by atoms with van der Waals surface area (Å²) in [5.41, 5.74) is 2.73. The van der Waals surface area contributed by atoms with Crippen LogP contribution in [0.2, 0.25) is 0 Å². The molecule has 0 aliphatic carbocycles. The van der Waals surface area contributed by atoms with Crippen LogP contribution in [0, 0.1) is 22.7 Å². The summed E-state index contributed by atoms with van der Waals surface area (Å²) in [4.78, 5) is 5.18. The van der Waals surface area contributed by atoms with Crippen LogP contribution in [0.25, 0.3) is 0 Å². The molecule has 0 saturated carbocycles. The molecule has 0 bridgehead atoms. The molecule has 0 N–H and O–H groups in total. The van der Waals surface area contributed by atoms with Gasteiger partial charge in [-0.25, -0.2) is 0 Å². The average Bonchev–Trinajstić information content (AvgIpc) is 2.52. The van der Waals surface area contributed by atoms with Crippen molar-refractivity contribution in [1.82, 2.24) is 0 Å². The quantitative estimate of drug-likeness (QED) is 0.627. The maximum Gasteiger partial charge on any atom is 0.143 e. The Morgan fingerprint density at radius 1 is 1.05 bits per heavy atom. The summed E-state index contributed by atoms with van der Waals surface area (Å²) in [5.74, 6) is 0. The van der Waals surface area contributed by atoms with Gasteiger partial charge in [0, 0.05) is 5.56 Å².